The average molecular weight is 430 g/mol. The molecule has 1 aliphatic carbocycles. The normalized spacial score (nSPS) is 21.5. The summed E-state index contributed by atoms with van der Waals surface area (Å²) in [5.74, 6) is 5.03. The fraction of sp³-hybridized carbons (Fsp3) is 0.333. The quantitative estimate of drug-likeness (QED) is 0.620. The Bertz CT molecular complexity index is 1270. The van der Waals surface area contributed by atoms with Crippen molar-refractivity contribution < 1.29 is 4.39 Å². The zero-order chi connectivity index (χ0) is 21.2. The Morgan fingerprint density at radius 1 is 1.10 bits per heavy atom. The Morgan fingerprint density at radius 3 is 2.47 bits per heavy atom. The van der Waals surface area contributed by atoms with Gasteiger partial charge >= 0.3 is 5.69 Å². The number of benzene rings is 2. The van der Waals surface area contributed by atoms with E-state index in [0.29, 0.717) is 17.8 Å². The van der Waals surface area contributed by atoms with Gasteiger partial charge in [0.25, 0.3) is 5.56 Å². The van der Waals surface area contributed by atoms with Gasteiger partial charge in [-0.05, 0) is 24.5 Å². The van der Waals surface area contributed by atoms with Gasteiger partial charge in [-0.25, -0.2) is 9.18 Å². The maximum Gasteiger partial charge on any atom is 0.350 e. The van der Waals surface area contributed by atoms with Crippen LogP contribution in [0.4, 0.5) is 10.1 Å². The predicted molar refractivity (Wildman–Crippen MR) is 115 cm³/mol. The second-order valence-electron chi connectivity index (χ2n) is 8.06. The molecule has 0 spiro atoms. The zero-order valence-corrected chi connectivity index (χ0v) is 16.8. The monoisotopic (exact) mass is 429 g/mol. The molecular formula is C21H21ClFN5O2. The van der Waals surface area contributed by atoms with Crippen LogP contribution in [0.25, 0.3) is 10.9 Å². The predicted octanol–water partition coefficient (Wildman–Crippen LogP) is 1.94. The number of nitrogens with two attached hydrogens (primary N) is 2. The molecule has 0 bridgehead atoms. The van der Waals surface area contributed by atoms with Crippen LogP contribution in [-0.2, 0) is 0 Å². The van der Waals surface area contributed by atoms with E-state index >= 15 is 4.39 Å². The first kappa shape index (κ1) is 19.1. The summed E-state index contributed by atoms with van der Waals surface area (Å²) in [6, 6.07) is 10.7. The van der Waals surface area contributed by atoms with Crippen molar-refractivity contribution in [2.45, 2.75) is 30.8 Å². The van der Waals surface area contributed by atoms with Gasteiger partial charge in [0.15, 0.2) is 0 Å². The number of halogens is 2. The third kappa shape index (κ3) is 2.82. The molecule has 30 heavy (non-hydrogen) atoms. The lowest BCUT2D eigenvalue weighted by molar-refractivity contribution is 0.620. The number of aromatic nitrogens is 2. The molecule has 1 saturated heterocycles. The van der Waals surface area contributed by atoms with Crippen LogP contribution in [0.5, 0.6) is 0 Å². The number of fused-ring (bicyclic) bond motifs is 1. The second-order valence-corrected chi connectivity index (χ2v) is 8.44. The van der Waals surface area contributed by atoms with Crippen LogP contribution in [-0.4, -0.2) is 28.4 Å². The molecule has 5 rings (SSSR count). The molecule has 7 nitrogen and oxygen atoms in total. The zero-order valence-electron chi connectivity index (χ0n) is 16.1. The van der Waals surface area contributed by atoms with Crippen LogP contribution in [0.1, 0.15) is 30.4 Å². The minimum absolute atomic E-state index is 0.00152. The van der Waals surface area contributed by atoms with E-state index in [9.17, 15) is 9.59 Å². The Morgan fingerprint density at radius 2 is 1.80 bits per heavy atom. The largest absolute Gasteiger partial charge is 0.366 e. The van der Waals surface area contributed by atoms with Crippen molar-refractivity contribution in [2.75, 3.05) is 23.8 Å². The first-order valence-electron chi connectivity index (χ1n) is 9.88. The molecule has 1 aromatic heterocycles. The molecule has 0 unspecified atom stereocenters. The highest BCUT2D eigenvalue weighted by Gasteiger charge is 2.36. The molecule has 2 atom stereocenters. The summed E-state index contributed by atoms with van der Waals surface area (Å²) in [7, 11) is 0. The SMILES string of the molecule is N[C@H]1CN(c2c(F)cc3c(=O)n(N)c(=O)n(C4CC4)c3c2Cl)C[C@@H]1c1ccccc1. The molecule has 2 heterocycles. The minimum atomic E-state index is -0.764. The van der Waals surface area contributed by atoms with Gasteiger partial charge in [-0.3, -0.25) is 9.36 Å². The first-order valence-corrected chi connectivity index (χ1v) is 10.3. The number of anilines is 1. The number of hydrogen-bond acceptors (Lipinski definition) is 5. The van der Waals surface area contributed by atoms with E-state index in [-0.39, 0.29) is 39.6 Å². The number of nitrogen functional groups attached to an aromatic ring is 1. The van der Waals surface area contributed by atoms with E-state index < -0.39 is 17.1 Å². The Kier molecular flexibility index (Phi) is 4.37. The molecule has 2 aromatic carbocycles. The lowest BCUT2D eigenvalue weighted by Gasteiger charge is -2.23. The van der Waals surface area contributed by atoms with Crippen molar-refractivity contribution >= 4 is 28.2 Å². The summed E-state index contributed by atoms with van der Waals surface area (Å²) in [4.78, 5) is 27.0. The Labute approximate surface area is 176 Å². The molecule has 4 N–H and O–H groups in total. The summed E-state index contributed by atoms with van der Waals surface area (Å²) in [5, 5.41) is 0.0472. The van der Waals surface area contributed by atoms with Gasteiger partial charge in [0.2, 0.25) is 0 Å². The summed E-state index contributed by atoms with van der Waals surface area (Å²) in [6.07, 6.45) is 1.56. The van der Waals surface area contributed by atoms with Gasteiger partial charge < -0.3 is 16.5 Å². The molecule has 9 heteroatoms. The Hall–Kier alpha value is -2.84. The third-order valence-corrected chi connectivity index (χ3v) is 6.45. The van der Waals surface area contributed by atoms with Gasteiger partial charge in [-0.2, -0.15) is 4.68 Å². The second kappa shape index (κ2) is 6.85. The highest BCUT2D eigenvalue weighted by molar-refractivity contribution is 6.38. The van der Waals surface area contributed by atoms with Crippen molar-refractivity contribution in [3.8, 4) is 0 Å². The van der Waals surface area contributed by atoms with E-state index in [2.05, 4.69) is 0 Å². The summed E-state index contributed by atoms with van der Waals surface area (Å²) >= 11 is 6.67. The molecule has 1 aliphatic heterocycles. The Balaban J connectivity index is 1.68. The molecule has 2 aliphatic rings. The van der Waals surface area contributed by atoms with Gasteiger partial charge in [0.05, 0.1) is 21.6 Å². The van der Waals surface area contributed by atoms with E-state index in [4.69, 9.17) is 23.2 Å². The molecule has 3 aromatic rings. The van der Waals surface area contributed by atoms with E-state index in [1.54, 1.807) is 4.90 Å². The van der Waals surface area contributed by atoms with Gasteiger partial charge in [0.1, 0.15) is 5.82 Å². The molecular weight excluding hydrogens is 409 g/mol. The van der Waals surface area contributed by atoms with Gasteiger partial charge in [-0.1, -0.05) is 41.9 Å². The van der Waals surface area contributed by atoms with E-state index in [1.807, 2.05) is 30.3 Å². The molecule has 156 valence electrons. The highest BCUT2D eigenvalue weighted by atomic mass is 35.5. The van der Waals surface area contributed by atoms with Crippen LogP contribution in [0.15, 0.2) is 46.0 Å². The van der Waals surface area contributed by atoms with Crippen molar-refractivity contribution in [2.24, 2.45) is 5.73 Å². The maximum atomic E-state index is 15.2. The van der Waals surface area contributed by atoms with Crippen molar-refractivity contribution in [1.29, 1.82) is 0 Å². The van der Waals surface area contributed by atoms with E-state index in [0.717, 1.165) is 24.5 Å². The smallest absolute Gasteiger partial charge is 0.350 e. The average Bonchev–Trinajstić information content (AvgIpc) is 3.50. The van der Waals surface area contributed by atoms with Crippen molar-refractivity contribution in [3.05, 3.63) is 73.6 Å². The molecule has 2 fully saturated rings. The lowest BCUT2D eigenvalue weighted by Crippen LogP contribution is -2.44. The van der Waals surface area contributed by atoms with E-state index in [1.165, 1.54) is 4.57 Å². The maximum absolute atomic E-state index is 15.2. The van der Waals surface area contributed by atoms with Crippen LogP contribution in [0.2, 0.25) is 5.02 Å². The molecule has 0 radical (unpaired) electrons. The van der Waals surface area contributed by atoms with Crippen LogP contribution >= 0.6 is 11.6 Å². The summed E-state index contributed by atoms with van der Waals surface area (Å²) < 4.78 is 17.2. The van der Waals surface area contributed by atoms with Gasteiger partial charge in [-0.15, -0.1) is 0 Å². The van der Waals surface area contributed by atoms with Gasteiger partial charge in [0, 0.05) is 31.1 Å². The number of hydrogen-bond donors (Lipinski definition) is 2. The number of nitrogens with zero attached hydrogens (tertiary/aromatic N) is 3. The number of rotatable bonds is 3. The van der Waals surface area contributed by atoms with Crippen LogP contribution in [0, 0.1) is 5.82 Å². The van der Waals surface area contributed by atoms with Crippen molar-refractivity contribution in [1.82, 2.24) is 9.24 Å². The minimum Gasteiger partial charge on any atom is -0.366 e. The highest BCUT2D eigenvalue weighted by Crippen LogP contribution is 2.42. The third-order valence-electron chi connectivity index (χ3n) is 6.09. The summed E-state index contributed by atoms with van der Waals surface area (Å²) in [5.41, 5.74) is 6.45. The lowest BCUT2D eigenvalue weighted by atomic mass is 9.95. The standard InChI is InChI=1S/C21H21ClFN5O2/c22-17-18-13(20(29)28(25)21(30)27(18)12-6-7-12)8-15(23)19(17)26-9-14(16(24)10-26)11-4-2-1-3-5-11/h1-5,8,12,14,16H,6-7,9-10,24-25H2/t14-,16+/m1/s1. The summed E-state index contributed by atoms with van der Waals surface area (Å²) in [6.45, 7) is 0.887. The fourth-order valence-electron chi connectivity index (χ4n) is 4.45. The topological polar surface area (TPSA) is 99.3 Å². The molecule has 1 saturated carbocycles. The molecule has 0 amide bonds. The first-order chi connectivity index (χ1) is 14.4. The van der Waals surface area contributed by atoms with Crippen LogP contribution in [0.3, 0.4) is 0 Å². The fourth-order valence-corrected chi connectivity index (χ4v) is 4.85. The van der Waals surface area contributed by atoms with Crippen LogP contribution < -0.4 is 27.7 Å². The van der Waals surface area contributed by atoms with Crippen molar-refractivity contribution in [3.63, 3.8) is 0 Å².